The van der Waals surface area contributed by atoms with E-state index in [4.69, 9.17) is 4.74 Å². The Bertz CT molecular complexity index is 1120. The minimum atomic E-state index is -1.54. The van der Waals surface area contributed by atoms with Crippen LogP contribution in [0.4, 0.5) is 13.2 Å². The molecule has 1 N–H and O–H groups in total. The molecule has 1 unspecified atom stereocenters. The number of methoxy groups -OCH3 is 1. The first-order valence-corrected chi connectivity index (χ1v) is 12.5. The first-order chi connectivity index (χ1) is 17.5. The topological polar surface area (TPSA) is 73.3 Å². The Morgan fingerprint density at radius 3 is 2.15 bits per heavy atom. The lowest BCUT2D eigenvalue weighted by Gasteiger charge is -2.39. The number of likely N-dealkylation sites (tertiary alicyclic amines) is 1. The van der Waals surface area contributed by atoms with E-state index >= 15 is 4.39 Å². The highest BCUT2D eigenvalue weighted by Gasteiger charge is 2.43. The van der Waals surface area contributed by atoms with Gasteiger partial charge in [-0.2, -0.15) is 0 Å². The van der Waals surface area contributed by atoms with Crippen molar-refractivity contribution in [1.29, 1.82) is 0 Å². The van der Waals surface area contributed by atoms with Gasteiger partial charge in [0.15, 0.2) is 11.6 Å². The number of esters is 1. The molecule has 3 rings (SSSR count). The molecule has 1 saturated heterocycles. The Balaban J connectivity index is 0.00000380. The highest BCUT2D eigenvalue weighted by molar-refractivity contribution is 5.99. The summed E-state index contributed by atoms with van der Waals surface area (Å²) < 4.78 is 49.8. The van der Waals surface area contributed by atoms with Crippen LogP contribution in [0.3, 0.4) is 0 Å². The van der Waals surface area contributed by atoms with Crippen molar-refractivity contribution in [3.05, 3.63) is 57.2 Å². The molecule has 1 aromatic carbocycles. The number of carbonyl (C=O) groups is 2. The van der Waals surface area contributed by atoms with E-state index in [9.17, 15) is 23.5 Å². The summed E-state index contributed by atoms with van der Waals surface area (Å²) in [6.07, 6.45) is 3.87. The molecular formula is C27H38Cl2F3N3O4. The van der Waals surface area contributed by atoms with Crippen LogP contribution in [-0.4, -0.2) is 86.2 Å². The summed E-state index contributed by atoms with van der Waals surface area (Å²) in [6.45, 7) is 3.94. The van der Waals surface area contributed by atoms with Gasteiger partial charge in [-0.3, -0.25) is 0 Å². The first-order valence-electron chi connectivity index (χ1n) is 12.5. The number of hydrogen-bond donors (Lipinski definition) is 1. The normalized spacial score (nSPS) is 18.2. The number of carboxylic acid groups (broad SMARTS) is 1. The van der Waals surface area contributed by atoms with Gasteiger partial charge in [0.05, 0.1) is 24.2 Å². The van der Waals surface area contributed by atoms with E-state index in [0.717, 1.165) is 52.5 Å². The van der Waals surface area contributed by atoms with Crippen molar-refractivity contribution in [3.63, 3.8) is 0 Å². The van der Waals surface area contributed by atoms with Crippen molar-refractivity contribution in [2.45, 2.75) is 44.9 Å². The van der Waals surface area contributed by atoms with Crippen LogP contribution in [0.2, 0.25) is 0 Å². The maximum absolute atomic E-state index is 15.4. The number of rotatable bonds is 9. The van der Waals surface area contributed by atoms with Crippen molar-refractivity contribution < 1.29 is 32.6 Å². The molecule has 39 heavy (non-hydrogen) atoms. The molecule has 2 aliphatic heterocycles. The lowest BCUT2D eigenvalue weighted by atomic mass is 9.78. The maximum Gasteiger partial charge on any atom is 0.336 e. The fourth-order valence-electron chi connectivity index (χ4n) is 5.20. The van der Waals surface area contributed by atoms with Crippen LogP contribution in [-0.2, 0) is 14.3 Å². The summed E-state index contributed by atoms with van der Waals surface area (Å²) in [5, 5.41) is 10.4. The number of carboxylic acids is 1. The Labute approximate surface area is 240 Å². The number of nitrogens with zero attached hydrogens (tertiary/aromatic N) is 3. The Kier molecular flexibility index (Phi) is 13.3. The third-order valence-electron chi connectivity index (χ3n) is 7.28. The summed E-state index contributed by atoms with van der Waals surface area (Å²) in [4.78, 5) is 31.7. The molecule has 1 fully saturated rings. The van der Waals surface area contributed by atoms with E-state index in [1.54, 1.807) is 11.9 Å². The molecule has 0 bridgehead atoms. The monoisotopic (exact) mass is 595 g/mol. The van der Waals surface area contributed by atoms with Crippen LogP contribution in [0.15, 0.2) is 28.6 Å². The number of ether oxygens (including phenoxy) is 1. The minimum absolute atomic E-state index is 0. The van der Waals surface area contributed by atoms with E-state index in [0.29, 0.717) is 37.3 Å². The molecule has 7 nitrogen and oxygen atoms in total. The molecule has 0 amide bonds. The SMILES string of the molecule is COC(=O)C1=C(CCN(C)C)N(C)C(CCN2CCCCC2)=C(C(=O)O)C1c1cc(F)c(C)c(F)c1F.Cl.Cl. The van der Waals surface area contributed by atoms with Crippen molar-refractivity contribution >= 4 is 36.8 Å². The van der Waals surface area contributed by atoms with Crippen LogP contribution >= 0.6 is 24.8 Å². The van der Waals surface area contributed by atoms with Crippen molar-refractivity contribution in [3.8, 4) is 0 Å². The summed E-state index contributed by atoms with van der Waals surface area (Å²) in [6, 6.07) is 0.793. The summed E-state index contributed by atoms with van der Waals surface area (Å²) in [7, 11) is 6.50. The van der Waals surface area contributed by atoms with E-state index in [1.807, 2.05) is 19.0 Å². The third kappa shape index (κ3) is 7.48. The molecular weight excluding hydrogens is 558 g/mol. The number of hydrogen-bond acceptors (Lipinski definition) is 6. The molecule has 0 aliphatic carbocycles. The van der Waals surface area contributed by atoms with Gasteiger partial charge in [0.1, 0.15) is 5.82 Å². The van der Waals surface area contributed by atoms with Crippen LogP contribution in [0, 0.1) is 24.4 Å². The number of halogens is 5. The highest BCUT2D eigenvalue weighted by atomic mass is 35.5. The Hall–Kier alpha value is -2.27. The molecule has 0 aromatic heterocycles. The quantitative estimate of drug-likeness (QED) is 0.322. The maximum atomic E-state index is 15.4. The second kappa shape index (κ2) is 14.9. The number of piperidine rings is 1. The van der Waals surface area contributed by atoms with Gasteiger partial charge in [-0.05, 0) is 53.0 Å². The Morgan fingerprint density at radius 1 is 1.03 bits per heavy atom. The zero-order valence-corrected chi connectivity index (χ0v) is 24.6. The number of carbonyl (C=O) groups excluding carboxylic acids is 1. The Morgan fingerprint density at radius 2 is 1.62 bits per heavy atom. The molecule has 0 saturated carbocycles. The van der Waals surface area contributed by atoms with Crippen molar-refractivity contribution in [2.75, 3.05) is 54.4 Å². The minimum Gasteiger partial charge on any atom is -0.478 e. The van der Waals surface area contributed by atoms with Gasteiger partial charge in [-0.25, -0.2) is 22.8 Å². The van der Waals surface area contributed by atoms with Gasteiger partial charge in [-0.1, -0.05) is 6.42 Å². The predicted molar refractivity (Wildman–Crippen MR) is 148 cm³/mol. The standard InChI is InChI=1S/C27H36F3N3O4.2ClH/c1-16-18(28)15-17(25(30)24(16)29)21-22(26(34)35)19(10-14-33-11-7-6-8-12-33)32(4)20(9-13-31(2)3)23(21)27(36)37-5;;/h15,21H,6-14H2,1-5H3,(H,34,35);2*1H. The van der Waals surface area contributed by atoms with Crippen molar-refractivity contribution in [2.24, 2.45) is 0 Å². The van der Waals surface area contributed by atoms with Crippen molar-refractivity contribution in [1.82, 2.24) is 14.7 Å². The van der Waals surface area contributed by atoms with E-state index in [-0.39, 0.29) is 36.0 Å². The summed E-state index contributed by atoms with van der Waals surface area (Å²) in [5.41, 5.74) is -0.654. The zero-order valence-electron chi connectivity index (χ0n) is 23.0. The zero-order chi connectivity index (χ0) is 27.4. The third-order valence-corrected chi connectivity index (χ3v) is 7.28. The lowest BCUT2D eigenvalue weighted by molar-refractivity contribution is -0.136. The molecule has 1 atom stereocenters. The fraction of sp³-hybridized carbons (Fsp3) is 0.556. The summed E-state index contributed by atoms with van der Waals surface area (Å²) in [5.74, 6) is -7.62. The number of aliphatic carboxylic acids is 1. The largest absolute Gasteiger partial charge is 0.478 e. The van der Waals surface area contributed by atoms with Gasteiger partial charge in [0.25, 0.3) is 0 Å². The molecule has 2 aliphatic rings. The average molecular weight is 597 g/mol. The second-order valence-electron chi connectivity index (χ2n) is 9.92. The predicted octanol–water partition coefficient (Wildman–Crippen LogP) is 4.88. The van der Waals surface area contributed by atoms with Gasteiger partial charge in [-0.15, -0.1) is 24.8 Å². The highest BCUT2D eigenvalue weighted by Crippen LogP contribution is 2.45. The van der Waals surface area contributed by atoms with Crippen LogP contribution in [0.25, 0.3) is 0 Å². The number of benzene rings is 1. The fourth-order valence-corrected chi connectivity index (χ4v) is 5.20. The second-order valence-corrected chi connectivity index (χ2v) is 9.92. The smallest absolute Gasteiger partial charge is 0.336 e. The van der Waals surface area contributed by atoms with Crippen LogP contribution < -0.4 is 0 Å². The molecule has 0 spiro atoms. The lowest BCUT2D eigenvalue weighted by Crippen LogP contribution is -2.38. The van der Waals surface area contributed by atoms with Crippen LogP contribution in [0.5, 0.6) is 0 Å². The van der Waals surface area contributed by atoms with Gasteiger partial charge in [0, 0.05) is 55.5 Å². The van der Waals surface area contributed by atoms with E-state index < -0.39 is 46.4 Å². The van der Waals surface area contributed by atoms with Gasteiger partial charge < -0.3 is 24.5 Å². The molecule has 0 radical (unpaired) electrons. The van der Waals surface area contributed by atoms with Gasteiger partial charge >= 0.3 is 11.9 Å². The molecule has 2 heterocycles. The van der Waals surface area contributed by atoms with E-state index in [2.05, 4.69) is 4.90 Å². The molecule has 1 aromatic rings. The van der Waals surface area contributed by atoms with E-state index in [1.165, 1.54) is 0 Å². The molecule has 12 heteroatoms. The molecule has 220 valence electrons. The summed E-state index contributed by atoms with van der Waals surface area (Å²) >= 11 is 0. The van der Waals surface area contributed by atoms with Gasteiger partial charge in [0.2, 0.25) is 0 Å². The average Bonchev–Trinajstić information content (AvgIpc) is 2.87. The van der Waals surface area contributed by atoms with Crippen LogP contribution in [0.1, 0.15) is 49.1 Å². The first kappa shape index (κ1) is 34.8.